The third kappa shape index (κ3) is 6.47. The Bertz CT molecular complexity index is 1130. The van der Waals surface area contributed by atoms with Gasteiger partial charge in [-0.25, -0.2) is 9.48 Å². The van der Waals surface area contributed by atoms with Gasteiger partial charge in [-0.3, -0.25) is 4.99 Å². The lowest BCUT2D eigenvalue weighted by molar-refractivity contribution is 0.0597. The summed E-state index contributed by atoms with van der Waals surface area (Å²) < 4.78 is 12.1. The van der Waals surface area contributed by atoms with Gasteiger partial charge in [0, 0.05) is 25.8 Å². The van der Waals surface area contributed by atoms with Crippen molar-refractivity contribution in [2.45, 2.75) is 26.9 Å². The van der Waals surface area contributed by atoms with E-state index in [-0.39, 0.29) is 24.0 Å². The van der Waals surface area contributed by atoms with Crippen LogP contribution in [0.3, 0.4) is 0 Å². The maximum atomic E-state index is 11.8. The number of ether oxygens (including phenoxy) is 2. The van der Waals surface area contributed by atoms with Crippen molar-refractivity contribution in [2.24, 2.45) is 4.99 Å². The number of carbonyl (C=O) groups excluding carboxylic acids is 1. The van der Waals surface area contributed by atoms with E-state index in [1.54, 1.807) is 13.1 Å². The van der Waals surface area contributed by atoms with Crippen molar-refractivity contribution in [3.63, 3.8) is 0 Å². The first-order valence-corrected chi connectivity index (χ1v) is 10.3. The van der Waals surface area contributed by atoms with E-state index < -0.39 is 5.97 Å². The van der Waals surface area contributed by atoms with E-state index in [1.165, 1.54) is 14.2 Å². The predicted octanol–water partition coefficient (Wildman–Crippen LogP) is 3.77. The van der Waals surface area contributed by atoms with E-state index in [0.717, 1.165) is 28.2 Å². The highest BCUT2D eigenvalue weighted by molar-refractivity contribution is 14.0. The summed E-state index contributed by atoms with van der Waals surface area (Å²) in [6.07, 6.45) is 0. The zero-order chi connectivity index (χ0) is 23.1. The Morgan fingerprint density at radius 3 is 2.42 bits per heavy atom. The highest BCUT2D eigenvalue weighted by Crippen LogP contribution is 2.21. The fourth-order valence-corrected chi connectivity index (χ4v) is 3.45. The lowest BCUT2D eigenvalue weighted by atomic mass is 10.1. The van der Waals surface area contributed by atoms with E-state index in [1.807, 2.05) is 42.8 Å². The molecular weight excluding hydrogens is 533 g/mol. The van der Waals surface area contributed by atoms with Crippen molar-refractivity contribution >= 4 is 35.9 Å². The first kappa shape index (κ1) is 26.2. The van der Waals surface area contributed by atoms with Crippen LogP contribution in [0.5, 0.6) is 5.75 Å². The second-order valence-electron chi connectivity index (χ2n) is 7.27. The molecule has 0 atom stereocenters. The fourth-order valence-electron chi connectivity index (χ4n) is 3.45. The van der Waals surface area contributed by atoms with Crippen LogP contribution in [0.1, 0.15) is 32.9 Å². The van der Waals surface area contributed by atoms with Gasteiger partial charge in [0.15, 0.2) is 5.96 Å². The fraction of sp³-hybridized carbons (Fsp3) is 0.292. The van der Waals surface area contributed by atoms with Crippen LogP contribution in [0.25, 0.3) is 5.69 Å². The number of halogens is 1. The predicted molar refractivity (Wildman–Crippen MR) is 140 cm³/mol. The van der Waals surface area contributed by atoms with Crippen molar-refractivity contribution in [1.82, 2.24) is 20.4 Å². The molecule has 0 saturated heterocycles. The number of para-hydroxylation sites is 1. The molecule has 0 saturated carbocycles. The van der Waals surface area contributed by atoms with Crippen LogP contribution in [0.15, 0.2) is 53.5 Å². The number of nitrogens with one attached hydrogen (secondary N) is 2. The minimum absolute atomic E-state index is 0. The highest BCUT2D eigenvalue weighted by Gasteiger charge is 2.13. The number of methoxy groups -OCH3 is 2. The zero-order valence-corrected chi connectivity index (χ0v) is 21.8. The molecule has 0 amide bonds. The van der Waals surface area contributed by atoms with Crippen molar-refractivity contribution in [3.05, 3.63) is 76.6 Å². The zero-order valence-electron chi connectivity index (χ0n) is 19.5. The molecule has 3 rings (SSSR count). The maximum absolute atomic E-state index is 11.8. The minimum Gasteiger partial charge on any atom is -0.496 e. The van der Waals surface area contributed by atoms with Crippen LogP contribution in [0.2, 0.25) is 0 Å². The molecule has 9 heteroatoms. The number of hydrogen-bond acceptors (Lipinski definition) is 5. The standard InChI is InChI=1S/C24H29N5O3.HI/c1-16-12-17(2)29(28-16)21-9-7-6-8-19(21)15-27-24(25-3)26-14-18-10-11-20(23(30)32-5)22(13-18)31-4;/h6-13H,14-15H2,1-5H3,(H2,25,26,27);1H. The Morgan fingerprint density at radius 1 is 1.06 bits per heavy atom. The summed E-state index contributed by atoms with van der Waals surface area (Å²) >= 11 is 0. The Balaban J connectivity index is 0.00000385. The lowest BCUT2D eigenvalue weighted by Crippen LogP contribution is -2.36. The SMILES string of the molecule is CN=C(NCc1ccc(C(=O)OC)c(OC)c1)NCc1ccccc1-n1nc(C)cc1C.I. The van der Waals surface area contributed by atoms with Gasteiger partial charge < -0.3 is 20.1 Å². The molecule has 33 heavy (non-hydrogen) atoms. The Kier molecular flexibility index (Phi) is 9.71. The van der Waals surface area contributed by atoms with E-state index in [4.69, 9.17) is 9.47 Å². The third-order valence-electron chi connectivity index (χ3n) is 5.03. The van der Waals surface area contributed by atoms with Crippen LogP contribution in [0, 0.1) is 13.8 Å². The molecule has 0 radical (unpaired) electrons. The molecule has 2 N–H and O–H groups in total. The van der Waals surface area contributed by atoms with E-state index >= 15 is 0 Å². The van der Waals surface area contributed by atoms with Crippen LogP contribution < -0.4 is 15.4 Å². The number of carbonyl (C=O) groups is 1. The van der Waals surface area contributed by atoms with Crippen molar-refractivity contribution in [2.75, 3.05) is 21.3 Å². The normalized spacial score (nSPS) is 10.9. The molecule has 3 aromatic rings. The van der Waals surface area contributed by atoms with Gasteiger partial charge in [0.1, 0.15) is 11.3 Å². The number of nitrogens with zero attached hydrogens (tertiary/aromatic N) is 3. The van der Waals surface area contributed by atoms with Gasteiger partial charge in [-0.2, -0.15) is 5.10 Å². The van der Waals surface area contributed by atoms with Gasteiger partial charge in [0.25, 0.3) is 0 Å². The number of rotatable bonds is 7. The van der Waals surface area contributed by atoms with Gasteiger partial charge in [0.05, 0.1) is 25.6 Å². The highest BCUT2D eigenvalue weighted by atomic mass is 127. The number of aliphatic imine (C=N–C) groups is 1. The van der Waals surface area contributed by atoms with Crippen LogP contribution in [-0.4, -0.2) is 43.0 Å². The molecule has 0 bridgehead atoms. The van der Waals surface area contributed by atoms with Crippen LogP contribution in [0.4, 0.5) is 0 Å². The van der Waals surface area contributed by atoms with Gasteiger partial charge in [-0.05, 0) is 49.2 Å². The average Bonchev–Trinajstić information content (AvgIpc) is 3.16. The van der Waals surface area contributed by atoms with Crippen molar-refractivity contribution in [3.8, 4) is 11.4 Å². The summed E-state index contributed by atoms with van der Waals surface area (Å²) in [6.45, 7) is 5.13. The van der Waals surface area contributed by atoms with E-state index in [0.29, 0.717) is 30.4 Å². The molecule has 1 heterocycles. The van der Waals surface area contributed by atoms with E-state index in [9.17, 15) is 4.79 Å². The number of guanidine groups is 1. The molecule has 0 aliphatic heterocycles. The molecule has 0 aliphatic rings. The molecule has 0 aliphatic carbocycles. The Labute approximate surface area is 211 Å². The molecular formula is C24H30IN5O3. The second-order valence-corrected chi connectivity index (χ2v) is 7.27. The molecule has 8 nitrogen and oxygen atoms in total. The van der Waals surface area contributed by atoms with Crippen LogP contribution >= 0.6 is 24.0 Å². The van der Waals surface area contributed by atoms with E-state index in [2.05, 4.69) is 38.9 Å². The van der Waals surface area contributed by atoms with Gasteiger partial charge in [-0.1, -0.05) is 24.3 Å². The largest absolute Gasteiger partial charge is 0.496 e. The van der Waals surface area contributed by atoms with Crippen LogP contribution in [-0.2, 0) is 17.8 Å². The quantitative estimate of drug-likeness (QED) is 0.197. The van der Waals surface area contributed by atoms with Crippen molar-refractivity contribution in [1.29, 1.82) is 0 Å². The number of benzene rings is 2. The van der Waals surface area contributed by atoms with Gasteiger partial charge in [-0.15, -0.1) is 24.0 Å². The topological polar surface area (TPSA) is 89.8 Å². The number of aromatic nitrogens is 2. The molecule has 1 aromatic heterocycles. The van der Waals surface area contributed by atoms with Gasteiger partial charge in [0.2, 0.25) is 0 Å². The summed E-state index contributed by atoms with van der Waals surface area (Å²) in [4.78, 5) is 16.1. The summed E-state index contributed by atoms with van der Waals surface area (Å²) in [5.41, 5.74) is 5.54. The molecule has 176 valence electrons. The van der Waals surface area contributed by atoms with Gasteiger partial charge >= 0.3 is 5.97 Å². The average molecular weight is 563 g/mol. The smallest absolute Gasteiger partial charge is 0.341 e. The van der Waals surface area contributed by atoms with Crippen molar-refractivity contribution < 1.29 is 14.3 Å². The third-order valence-corrected chi connectivity index (χ3v) is 5.03. The molecule has 0 spiro atoms. The number of hydrogen-bond donors (Lipinski definition) is 2. The minimum atomic E-state index is -0.430. The summed E-state index contributed by atoms with van der Waals surface area (Å²) in [7, 11) is 4.60. The Morgan fingerprint density at radius 2 is 1.79 bits per heavy atom. The number of esters is 1. The first-order chi connectivity index (χ1) is 15.5. The summed E-state index contributed by atoms with van der Waals surface area (Å²) in [6, 6.07) is 15.6. The monoisotopic (exact) mass is 563 g/mol. The second kappa shape index (κ2) is 12.2. The molecule has 0 fully saturated rings. The summed E-state index contributed by atoms with van der Waals surface area (Å²) in [5.74, 6) is 0.696. The lowest BCUT2D eigenvalue weighted by Gasteiger charge is -2.15. The first-order valence-electron chi connectivity index (χ1n) is 10.3. The molecule has 2 aromatic carbocycles. The summed E-state index contributed by atoms with van der Waals surface area (Å²) in [5, 5.41) is 11.2. The molecule has 0 unspecified atom stereocenters. The maximum Gasteiger partial charge on any atom is 0.341 e. The Hall–Kier alpha value is -3.08. The number of aryl methyl sites for hydroxylation is 2.